The second-order valence-corrected chi connectivity index (χ2v) is 9.64. The van der Waals surface area contributed by atoms with Gasteiger partial charge in [-0.3, -0.25) is 4.79 Å². The van der Waals surface area contributed by atoms with Gasteiger partial charge in [0.05, 0.1) is 16.9 Å². The minimum Gasteiger partial charge on any atom is -0.508 e. The van der Waals surface area contributed by atoms with E-state index in [-0.39, 0.29) is 41.1 Å². The predicted molar refractivity (Wildman–Crippen MR) is 143 cm³/mol. The van der Waals surface area contributed by atoms with Crippen molar-refractivity contribution in [1.82, 2.24) is 0 Å². The average Bonchev–Trinajstić information content (AvgIpc) is 2.93. The average molecular weight is 479 g/mol. The molecule has 0 spiro atoms. The molecular weight excluding hydrogens is 440 g/mol. The number of phenolic OH excluding ortho intramolecular Hbond substituents is 3. The minimum atomic E-state index is -0.326. The van der Waals surface area contributed by atoms with Crippen LogP contribution in [0, 0.1) is 5.92 Å². The van der Waals surface area contributed by atoms with Gasteiger partial charge in [-0.15, -0.1) is 0 Å². The maximum Gasteiger partial charge on any atom is 0.260 e. The van der Waals surface area contributed by atoms with E-state index in [1.54, 1.807) is 12.1 Å². The number of carbonyl (C=O) groups excluding carboxylic acids is 1. The van der Waals surface area contributed by atoms with E-state index >= 15 is 0 Å². The molecule has 6 nitrogen and oxygen atoms in total. The minimum absolute atomic E-state index is 0.0887. The van der Waals surface area contributed by atoms with E-state index < -0.39 is 0 Å². The van der Waals surface area contributed by atoms with Gasteiger partial charge in [-0.1, -0.05) is 56.1 Å². The Labute approximate surface area is 208 Å². The van der Waals surface area contributed by atoms with Crippen LogP contribution in [0.1, 0.15) is 76.6 Å². The summed E-state index contributed by atoms with van der Waals surface area (Å²) in [5.41, 5.74) is 3.72. The fraction of sp³-hybridized carbons (Fsp3) is 0.414. The van der Waals surface area contributed by atoms with E-state index in [1.165, 1.54) is 47.9 Å². The number of anilines is 3. The number of phenols is 3. The lowest BCUT2D eigenvalue weighted by molar-refractivity contribution is 0.0991. The number of hydrogen-bond donors (Lipinski definition) is 4. The highest BCUT2D eigenvalue weighted by Crippen LogP contribution is 2.45. The van der Waals surface area contributed by atoms with Gasteiger partial charge in [-0.05, 0) is 57.6 Å². The smallest absolute Gasteiger partial charge is 0.260 e. The van der Waals surface area contributed by atoms with Gasteiger partial charge in [0, 0.05) is 18.7 Å². The van der Waals surface area contributed by atoms with Crippen LogP contribution in [0.15, 0.2) is 53.6 Å². The normalized spacial score (nSPS) is 14.7. The summed E-state index contributed by atoms with van der Waals surface area (Å²) in [6, 6.07) is 7.37. The van der Waals surface area contributed by atoms with E-state index in [9.17, 15) is 20.1 Å². The van der Waals surface area contributed by atoms with Crippen molar-refractivity contribution in [2.75, 3.05) is 16.8 Å². The number of carbonyl (C=O) groups is 1. The number of para-hydroxylation sites is 1. The van der Waals surface area contributed by atoms with E-state index in [2.05, 4.69) is 32.2 Å². The summed E-state index contributed by atoms with van der Waals surface area (Å²) in [5, 5.41) is 33.9. The van der Waals surface area contributed by atoms with Crippen molar-refractivity contribution in [2.45, 2.75) is 66.2 Å². The van der Waals surface area contributed by atoms with Gasteiger partial charge >= 0.3 is 0 Å². The van der Waals surface area contributed by atoms with Crippen molar-refractivity contribution in [3.63, 3.8) is 0 Å². The number of nitrogens with zero attached hydrogens (tertiary/aromatic N) is 1. The Morgan fingerprint density at radius 3 is 2.51 bits per heavy atom. The van der Waals surface area contributed by atoms with Crippen LogP contribution in [0.3, 0.4) is 0 Å². The molecule has 2 aromatic carbocycles. The van der Waals surface area contributed by atoms with Crippen molar-refractivity contribution < 1.29 is 20.1 Å². The van der Waals surface area contributed by atoms with Crippen LogP contribution in [0.4, 0.5) is 17.1 Å². The summed E-state index contributed by atoms with van der Waals surface area (Å²) in [6.07, 6.45) is 11.0. The second-order valence-electron chi connectivity index (χ2n) is 9.64. The van der Waals surface area contributed by atoms with Gasteiger partial charge in [-0.25, -0.2) is 0 Å². The molecule has 1 amide bonds. The Hall–Kier alpha value is -3.41. The Morgan fingerprint density at radius 1 is 1.03 bits per heavy atom. The van der Waals surface area contributed by atoms with Crippen LogP contribution in [-0.4, -0.2) is 27.8 Å². The molecule has 0 aliphatic carbocycles. The van der Waals surface area contributed by atoms with Gasteiger partial charge in [0.1, 0.15) is 22.9 Å². The number of amides is 1. The number of aromatic hydroxyl groups is 3. The first-order chi connectivity index (χ1) is 16.7. The number of rotatable bonds is 10. The SMILES string of the molecule is CCC(C)CCC/C(C)=C/CC/C(C)=C/CN1C(=O)c2cccc(O)c2Nc2c(O)cc(O)cc21. The second kappa shape index (κ2) is 11.8. The Bertz CT molecular complexity index is 1120. The molecule has 188 valence electrons. The molecule has 4 N–H and O–H groups in total. The number of nitrogens with one attached hydrogen (secondary N) is 1. The first kappa shape index (κ1) is 26.2. The molecule has 1 atom stereocenters. The Morgan fingerprint density at radius 2 is 1.77 bits per heavy atom. The molecular formula is C29H38N2O4. The van der Waals surface area contributed by atoms with Gasteiger partial charge in [0.25, 0.3) is 5.91 Å². The summed E-state index contributed by atoms with van der Waals surface area (Å²) in [5.74, 6) is 0.0198. The summed E-state index contributed by atoms with van der Waals surface area (Å²) in [6.45, 7) is 9.06. The molecule has 0 saturated heterocycles. The third-order valence-electron chi connectivity index (χ3n) is 6.76. The summed E-state index contributed by atoms with van der Waals surface area (Å²) in [7, 11) is 0. The van der Waals surface area contributed by atoms with Crippen molar-refractivity contribution in [2.24, 2.45) is 5.92 Å². The molecule has 1 aliphatic heterocycles. The zero-order valence-corrected chi connectivity index (χ0v) is 21.3. The molecule has 2 aromatic rings. The monoisotopic (exact) mass is 478 g/mol. The molecule has 35 heavy (non-hydrogen) atoms. The summed E-state index contributed by atoms with van der Waals surface area (Å²) >= 11 is 0. The highest BCUT2D eigenvalue weighted by Gasteiger charge is 2.29. The molecule has 0 radical (unpaired) electrons. The van der Waals surface area contributed by atoms with Crippen LogP contribution in [0.5, 0.6) is 17.2 Å². The molecule has 0 bridgehead atoms. The molecule has 0 fully saturated rings. The first-order valence-corrected chi connectivity index (χ1v) is 12.5. The third-order valence-corrected chi connectivity index (χ3v) is 6.76. The van der Waals surface area contributed by atoms with Gasteiger partial charge in [0.2, 0.25) is 0 Å². The molecule has 6 heteroatoms. The predicted octanol–water partition coefficient (Wildman–Crippen LogP) is 7.40. The van der Waals surface area contributed by atoms with Crippen molar-refractivity contribution in [1.29, 1.82) is 0 Å². The summed E-state index contributed by atoms with van der Waals surface area (Å²) < 4.78 is 0. The molecule has 0 saturated carbocycles. The maximum absolute atomic E-state index is 13.4. The van der Waals surface area contributed by atoms with Crippen molar-refractivity contribution in [3.8, 4) is 17.2 Å². The molecule has 0 aromatic heterocycles. The fourth-order valence-electron chi connectivity index (χ4n) is 4.28. The maximum atomic E-state index is 13.4. The van der Waals surface area contributed by atoms with E-state index in [1.807, 2.05) is 13.0 Å². The fourth-order valence-corrected chi connectivity index (χ4v) is 4.28. The van der Waals surface area contributed by atoms with Crippen molar-refractivity contribution in [3.05, 3.63) is 59.2 Å². The number of fused-ring (bicyclic) bond motifs is 2. The lowest BCUT2D eigenvalue weighted by Gasteiger charge is -2.22. The lowest BCUT2D eigenvalue weighted by atomic mass is 9.99. The van der Waals surface area contributed by atoms with E-state index in [4.69, 9.17) is 0 Å². The lowest BCUT2D eigenvalue weighted by Crippen LogP contribution is -2.30. The zero-order valence-electron chi connectivity index (χ0n) is 21.3. The Kier molecular flexibility index (Phi) is 8.85. The standard InChI is InChI=1S/C29H38N2O4/c1-5-19(2)9-6-10-20(3)11-7-12-21(4)15-16-31-24-17-22(32)18-26(34)28(24)30-27-23(29(31)35)13-8-14-25(27)33/h8,11,13-15,17-19,30,32-34H,5-7,9-10,12,16H2,1-4H3/b20-11+,21-15+. The molecule has 1 unspecified atom stereocenters. The largest absolute Gasteiger partial charge is 0.508 e. The highest BCUT2D eigenvalue weighted by atomic mass is 16.3. The highest BCUT2D eigenvalue weighted by molar-refractivity contribution is 6.15. The van der Waals surface area contributed by atoms with Crippen LogP contribution >= 0.6 is 0 Å². The quantitative estimate of drug-likeness (QED) is 0.162. The topological polar surface area (TPSA) is 93.0 Å². The number of hydrogen-bond acceptors (Lipinski definition) is 5. The number of allylic oxidation sites excluding steroid dienone is 3. The van der Waals surface area contributed by atoms with Crippen LogP contribution in [-0.2, 0) is 0 Å². The van der Waals surface area contributed by atoms with Gasteiger partial charge in [0.15, 0.2) is 0 Å². The van der Waals surface area contributed by atoms with Crippen molar-refractivity contribution >= 4 is 23.0 Å². The first-order valence-electron chi connectivity index (χ1n) is 12.5. The Balaban J connectivity index is 1.74. The van der Waals surface area contributed by atoms with Gasteiger partial charge in [-0.2, -0.15) is 0 Å². The molecule has 3 rings (SSSR count). The molecule has 1 aliphatic rings. The van der Waals surface area contributed by atoms with E-state index in [0.29, 0.717) is 11.3 Å². The van der Waals surface area contributed by atoms with E-state index in [0.717, 1.165) is 30.8 Å². The van der Waals surface area contributed by atoms with Crippen LogP contribution in [0.25, 0.3) is 0 Å². The number of benzene rings is 2. The third kappa shape index (κ3) is 6.59. The van der Waals surface area contributed by atoms with Gasteiger partial charge < -0.3 is 25.5 Å². The van der Waals surface area contributed by atoms with Crippen LogP contribution < -0.4 is 10.2 Å². The molecule has 1 heterocycles. The summed E-state index contributed by atoms with van der Waals surface area (Å²) in [4.78, 5) is 14.9. The van der Waals surface area contributed by atoms with Crippen LogP contribution in [0.2, 0.25) is 0 Å². The zero-order chi connectivity index (χ0) is 25.5.